The molecule has 150 valence electrons. The van der Waals surface area contributed by atoms with Crippen LogP contribution in [0.1, 0.15) is 17.9 Å². The Morgan fingerprint density at radius 2 is 1.72 bits per heavy atom. The van der Waals surface area contributed by atoms with Crippen molar-refractivity contribution in [3.63, 3.8) is 0 Å². The molecular formula is C22H23FN4O2. The first-order valence-corrected chi connectivity index (χ1v) is 9.76. The third-order valence-corrected chi connectivity index (χ3v) is 5.15. The van der Waals surface area contributed by atoms with Gasteiger partial charge in [-0.3, -0.25) is 4.79 Å². The van der Waals surface area contributed by atoms with Gasteiger partial charge in [-0.05, 0) is 31.2 Å². The summed E-state index contributed by atoms with van der Waals surface area (Å²) < 4.78 is 18.4. The van der Waals surface area contributed by atoms with E-state index in [0.29, 0.717) is 37.6 Å². The second-order valence-corrected chi connectivity index (χ2v) is 7.22. The number of piperazine rings is 1. The molecule has 0 bridgehead atoms. The highest BCUT2D eigenvalue weighted by molar-refractivity contribution is 5.76. The fraction of sp³-hybridized carbons (Fsp3) is 0.318. The minimum Gasteiger partial charge on any atom is -0.368 e. The molecule has 0 atom stereocenters. The summed E-state index contributed by atoms with van der Waals surface area (Å²) in [6, 6.07) is 14.4. The maximum atomic E-state index is 13.1. The first-order valence-electron chi connectivity index (χ1n) is 9.76. The van der Waals surface area contributed by atoms with E-state index in [0.717, 1.165) is 24.3 Å². The van der Waals surface area contributed by atoms with Crippen LogP contribution >= 0.6 is 0 Å². The molecule has 0 radical (unpaired) electrons. The summed E-state index contributed by atoms with van der Waals surface area (Å²) in [6.07, 6.45) is 0.766. The first kappa shape index (κ1) is 19.1. The van der Waals surface area contributed by atoms with Crippen molar-refractivity contribution in [1.82, 2.24) is 15.0 Å². The summed E-state index contributed by atoms with van der Waals surface area (Å²) in [5, 5.41) is 4.01. The van der Waals surface area contributed by atoms with Crippen LogP contribution in [-0.2, 0) is 11.2 Å². The molecule has 0 unspecified atom stereocenters. The molecule has 1 aromatic heterocycles. The van der Waals surface area contributed by atoms with Gasteiger partial charge in [0.05, 0.1) is 0 Å². The van der Waals surface area contributed by atoms with E-state index >= 15 is 0 Å². The van der Waals surface area contributed by atoms with Gasteiger partial charge in [0.1, 0.15) is 5.82 Å². The minimum atomic E-state index is -0.242. The van der Waals surface area contributed by atoms with E-state index in [1.165, 1.54) is 17.7 Å². The fourth-order valence-corrected chi connectivity index (χ4v) is 3.41. The van der Waals surface area contributed by atoms with Crippen LogP contribution in [0.2, 0.25) is 0 Å². The number of nitrogens with zero attached hydrogens (tertiary/aromatic N) is 4. The van der Waals surface area contributed by atoms with Gasteiger partial charge in [-0.2, -0.15) is 4.98 Å². The van der Waals surface area contributed by atoms with Gasteiger partial charge in [-0.25, -0.2) is 4.39 Å². The minimum absolute atomic E-state index is 0.0823. The average Bonchev–Trinajstić information content (AvgIpc) is 3.22. The van der Waals surface area contributed by atoms with E-state index in [1.54, 1.807) is 12.1 Å². The zero-order valence-corrected chi connectivity index (χ0v) is 16.3. The molecule has 0 saturated carbocycles. The Kier molecular flexibility index (Phi) is 5.55. The number of halogens is 1. The van der Waals surface area contributed by atoms with Gasteiger partial charge in [0.15, 0.2) is 0 Å². The predicted octanol–water partition coefficient (Wildman–Crippen LogP) is 3.47. The number of hydrogen-bond donors (Lipinski definition) is 0. The SMILES string of the molecule is Cc1ccc(-c2noc(CCC(=O)N3CCN(c4ccc(F)cc4)CC3)n2)cc1. The molecule has 7 heteroatoms. The molecule has 0 N–H and O–H groups in total. The summed E-state index contributed by atoms with van der Waals surface area (Å²) in [5.74, 6) is 0.854. The monoisotopic (exact) mass is 394 g/mol. The maximum Gasteiger partial charge on any atom is 0.227 e. The molecule has 2 heterocycles. The molecule has 29 heavy (non-hydrogen) atoms. The fourth-order valence-electron chi connectivity index (χ4n) is 3.41. The number of aromatic nitrogens is 2. The standard InChI is InChI=1S/C22H23FN4O2/c1-16-2-4-17(5-3-16)22-24-20(29-25-22)10-11-21(28)27-14-12-26(13-15-27)19-8-6-18(23)7-9-19/h2-9H,10-15H2,1H3. The van der Waals surface area contributed by atoms with Crippen molar-refractivity contribution in [1.29, 1.82) is 0 Å². The van der Waals surface area contributed by atoms with Crippen molar-refractivity contribution >= 4 is 11.6 Å². The Balaban J connectivity index is 1.27. The number of aryl methyl sites for hydroxylation is 2. The Bertz CT molecular complexity index is 961. The number of anilines is 1. The Morgan fingerprint density at radius 1 is 1.03 bits per heavy atom. The van der Waals surface area contributed by atoms with E-state index in [-0.39, 0.29) is 11.7 Å². The van der Waals surface area contributed by atoms with Crippen molar-refractivity contribution in [3.05, 3.63) is 65.8 Å². The highest BCUT2D eigenvalue weighted by atomic mass is 19.1. The van der Waals surface area contributed by atoms with Crippen molar-refractivity contribution in [3.8, 4) is 11.4 Å². The lowest BCUT2D eigenvalue weighted by Crippen LogP contribution is -2.48. The lowest BCUT2D eigenvalue weighted by Gasteiger charge is -2.36. The highest BCUT2D eigenvalue weighted by Crippen LogP contribution is 2.19. The van der Waals surface area contributed by atoms with Crippen LogP contribution in [0.15, 0.2) is 53.1 Å². The van der Waals surface area contributed by atoms with E-state index in [1.807, 2.05) is 36.1 Å². The van der Waals surface area contributed by atoms with E-state index in [9.17, 15) is 9.18 Å². The molecule has 0 spiro atoms. The average molecular weight is 394 g/mol. The molecule has 1 saturated heterocycles. The molecule has 0 aliphatic carbocycles. The van der Waals surface area contributed by atoms with E-state index < -0.39 is 0 Å². The number of carbonyl (C=O) groups is 1. The van der Waals surface area contributed by atoms with Crippen LogP contribution < -0.4 is 4.90 Å². The molecule has 1 aliphatic rings. The summed E-state index contributed by atoms with van der Waals surface area (Å²) in [6.45, 7) is 4.78. The normalized spacial score (nSPS) is 14.3. The second kappa shape index (κ2) is 8.43. The summed E-state index contributed by atoms with van der Waals surface area (Å²) in [5.41, 5.74) is 3.05. The predicted molar refractivity (Wildman–Crippen MR) is 108 cm³/mol. The lowest BCUT2D eigenvalue weighted by atomic mass is 10.1. The zero-order valence-electron chi connectivity index (χ0n) is 16.3. The second-order valence-electron chi connectivity index (χ2n) is 7.22. The van der Waals surface area contributed by atoms with Crippen LogP contribution in [0.3, 0.4) is 0 Å². The molecular weight excluding hydrogens is 371 g/mol. The van der Waals surface area contributed by atoms with E-state index in [2.05, 4.69) is 15.0 Å². The molecule has 1 amide bonds. The van der Waals surface area contributed by atoms with Gasteiger partial charge in [0.25, 0.3) is 0 Å². The summed E-state index contributed by atoms with van der Waals surface area (Å²) in [4.78, 5) is 21.0. The molecule has 2 aromatic carbocycles. The summed E-state index contributed by atoms with van der Waals surface area (Å²) >= 11 is 0. The first-order chi connectivity index (χ1) is 14.1. The summed E-state index contributed by atoms with van der Waals surface area (Å²) in [7, 11) is 0. The molecule has 1 aliphatic heterocycles. The Hall–Kier alpha value is -3.22. The number of hydrogen-bond acceptors (Lipinski definition) is 5. The Morgan fingerprint density at radius 3 is 2.41 bits per heavy atom. The number of rotatable bonds is 5. The van der Waals surface area contributed by atoms with Gasteiger partial charge in [-0.1, -0.05) is 35.0 Å². The number of amides is 1. The van der Waals surface area contributed by atoms with Crippen molar-refractivity contribution in [2.45, 2.75) is 19.8 Å². The van der Waals surface area contributed by atoms with Crippen LogP contribution in [0.4, 0.5) is 10.1 Å². The van der Waals surface area contributed by atoms with Crippen LogP contribution in [0.5, 0.6) is 0 Å². The van der Waals surface area contributed by atoms with Gasteiger partial charge in [-0.15, -0.1) is 0 Å². The van der Waals surface area contributed by atoms with Crippen LogP contribution in [0.25, 0.3) is 11.4 Å². The number of carbonyl (C=O) groups excluding carboxylic acids is 1. The third-order valence-electron chi connectivity index (χ3n) is 5.15. The topological polar surface area (TPSA) is 62.5 Å². The van der Waals surface area contributed by atoms with Gasteiger partial charge >= 0.3 is 0 Å². The van der Waals surface area contributed by atoms with Gasteiger partial charge < -0.3 is 14.3 Å². The lowest BCUT2D eigenvalue weighted by molar-refractivity contribution is -0.131. The Labute approximate surface area is 168 Å². The largest absolute Gasteiger partial charge is 0.368 e. The molecule has 6 nitrogen and oxygen atoms in total. The highest BCUT2D eigenvalue weighted by Gasteiger charge is 2.22. The molecule has 4 rings (SSSR count). The van der Waals surface area contributed by atoms with Gasteiger partial charge in [0, 0.05) is 50.3 Å². The smallest absolute Gasteiger partial charge is 0.227 e. The zero-order chi connectivity index (χ0) is 20.2. The number of benzene rings is 2. The van der Waals surface area contributed by atoms with Crippen molar-refractivity contribution in [2.24, 2.45) is 0 Å². The maximum absolute atomic E-state index is 13.1. The molecule has 3 aromatic rings. The van der Waals surface area contributed by atoms with Crippen LogP contribution in [0, 0.1) is 12.7 Å². The van der Waals surface area contributed by atoms with Gasteiger partial charge in [0.2, 0.25) is 17.6 Å². The van der Waals surface area contributed by atoms with Crippen molar-refractivity contribution in [2.75, 3.05) is 31.1 Å². The van der Waals surface area contributed by atoms with Crippen LogP contribution in [-0.4, -0.2) is 47.1 Å². The van der Waals surface area contributed by atoms with E-state index in [4.69, 9.17) is 4.52 Å². The third kappa shape index (κ3) is 4.62. The van der Waals surface area contributed by atoms with Crippen molar-refractivity contribution < 1.29 is 13.7 Å². The molecule has 1 fully saturated rings. The quantitative estimate of drug-likeness (QED) is 0.663.